The lowest BCUT2D eigenvalue weighted by atomic mass is 9.85. The van der Waals surface area contributed by atoms with Crippen LogP contribution in [0.15, 0.2) is 97.6 Å². The summed E-state index contributed by atoms with van der Waals surface area (Å²) in [5, 5.41) is 14.7. The van der Waals surface area contributed by atoms with Crippen molar-refractivity contribution in [3.05, 3.63) is 124 Å². The van der Waals surface area contributed by atoms with Crippen molar-refractivity contribution >= 4 is 11.6 Å². The highest BCUT2D eigenvalue weighted by Crippen LogP contribution is 2.29. The van der Waals surface area contributed by atoms with Crippen LogP contribution in [0.2, 0.25) is 0 Å². The summed E-state index contributed by atoms with van der Waals surface area (Å²) in [7, 11) is 0. The number of imidazole rings is 1. The van der Waals surface area contributed by atoms with Crippen LogP contribution >= 0.6 is 0 Å². The summed E-state index contributed by atoms with van der Waals surface area (Å²) >= 11 is 0. The summed E-state index contributed by atoms with van der Waals surface area (Å²) in [5.74, 6) is -0.434. The van der Waals surface area contributed by atoms with E-state index in [2.05, 4.69) is 10.3 Å². The first-order valence-electron chi connectivity index (χ1n) is 10.2. The number of benzene rings is 3. The van der Waals surface area contributed by atoms with Gasteiger partial charge in [-0.1, -0.05) is 60.7 Å². The zero-order valence-electron chi connectivity index (χ0n) is 17.5. The smallest absolute Gasteiger partial charge is 0.294 e. The normalized spacial score (nSPS) is 11.8. The van der Waals surface area contributed by atoms with Gasteiger partial charge in [-0.05, 0) is 30.2 Å². The summed E-state index contributed by atoms with van der Waals surface area (Å²) in [6.45, 7) is 1.94. The maximum absolute atomic E-state index is 13.0. The van der Waals surface area contributed by atoms with Crippen molar-refractivity contribution in [3.8, 4) is 5.69 Å². The standard InChI is InChI=1S/C25H22N4O3/c1-18(24(19-8-4-2-5-9-19)20-10-6-3-7-11-20)27-25(30)21-12-13-22(23(16-21)29(31)32)28-15-14-26-17-28/h2-18,24H,1H3,(H,27,30). The number of nitrogens with zero attached hydrogens (tertiary/aromatic N) is 3. The van der Waals surface area contributed by atoms with Gasteiger partial charge in [0.25, 0.3) is 11.6 Å². The second-order valence-corrected chi connectivity index (χ2v) is 7.49. The van der Waals surface area contributed by atoms with E-state index in [0.29, 0.717) is 5.69 Å². The molecule has 1 unspecified atom stereocenters. The fraction of sp³-hybridized carbons (Fsp3) is 0.120. The number of nitro groups is 1. The van der Waals surface area contributed by atoms with Gasteiger partial charge in [0.15, 0.2) is 0 Å². The third kappa shape index (κ3) is 4.41. The van der Waals surface area contributed by atoms with E-state index in [1.54, 1.807) is 29.1 Å². The lowest BCUT2D eigenvalue weighted by Gasteiger charge is -2.26. The van der Waals surface area contributed by atoms with Gasteiger partial charge in [0.1, 0.15) is 5.69 Å². The molecule has 0 aliphatic heterocycles. The van der Waals surface area contributed by atoms with Crippen molar-refractivity contribution in [2.45, 2.75) is 18.9 Å². The molecule has 160 valence electrons. The molecule has 4 aromatic rings. The molecule has 0 aliphatic carbocycles. The lowest BCUT2D eigenvalue weighted by molar-refractivity contribution is -0.384. The molecule has 1 aromatic heterocycles. The zero-order valence-corrected chi connectivity index (χ0v) is 17.5. The molecule has 7 nitrogen and oxygen atoms in total. The number of carbonyl (C=O) groups excluding carboxylic acids is 1. The third-order valence-corrected chi connectivity index (χ3v) is 5.39. The minimum Gasteiger partial charge on any atom is -0.349 e. The molecule has 0 spiro atoms. The van der Waals surface area contributed by atoms with Crippen LogP contribution in [-0.2, 0) is 0 Å². The van der Waals surface area contributed by atoms with Crippen LogP contribution in [0.4, 0.5) is 5.69 Å². The van der Waals surface area contributed by atoms with E-state index >= 15 is 0 Å². The van der Waals surface area contributed by atoms with Crippen molar-refractivity contribution in [2.24, 2.45) is 0 Å². The highest BCUT2D eigenvalue weighted by atomic mass is 16.6. The van der Waals surface area contributed by atoms with E-state index in [0.717, 1.165) is 11.1 Å². The molecule has 0 radical (unpaired) electrons. The van der Waals surface area contributed by atoms with E-state index in [4.69, 9.17) is 0 Å². The first-order chi connectivity index (χ1) is 15.5. The van der Waals surface area contributed by atoms with Crippen LogP contribution in [0.25, 0.3) is 5.69 Å². The molecule has 0 aliphatic rings. The fourth-order valence-corrected chi connectivity index (χ4v) is 3.89. The van der Waals surface area contributed by atoms with Gasteiger partial charge in [-0.25, -0.2) is 4.98 Å². The molecule has 1 atom stereocenters. The summed E-state index contributed by atoms with van der Waals surface area (Å²) in [6, 6.07) is 24.1. The van der Waals surface area contributed by atoms with Crippen LogP contribution in [0.1, 0.15) is 34.3 Å². The van der Waals surface area contributed by atoms with Gasteiger partial charge in [0, 0.05) is 36.0 Å². The first-order valence-corrected chi connectivity index (χ1v) is 10.2. The van der Waals surface area contributed by atoms with Crippen LogP contribution in [-0.4, -0.2) is 26.4 Å². The summed E-state index contributed by atoms with van der Waals surface area (Å²) < 4.78 is 1.54. The van der Waals surface area contributed by atoms with Gasteiger partial charge in [0.2, 0.25) is 0 Å². The third-order valence-electron chi connectivity index (χ3n) is 5.39. The number of rotatable bonds is 7. The Kier molecular flexibility index (Phi) is 6.07. The number of nitro benzene ring substituents is 1. The summed E-state index contributed by atoms with van der Waals surface area (Å²) in [4.78, 5) is 28.1. The maximum atomic E-state index is 13.0. The van der Waals surface area contributed by atoms with Crippen molar-refractivity contribution in [3.63, 3.8) is 0 Å². The van der Waals surface area contributed by atoms with E-state index in [9.17, 15) is 14.9 Å². The number of hydrogen-bond donors (Lipinski definition) is 1. The molecule has 0 saturated heterocycles. The molecule has 1 amide bonds. The van der Waals surface area contributed by atoms with Crippen molar-refractivity contribution in [2.75, 3.05) is 0 Å². The minimum atomic E-state index is -0.494. The van der Waals surface area contributed by atoms with Gasteiger partial charge in [-0.15, -0.1) is 0 Å². The Morgan fingerprint density at radius 2 is 1.62 bits per heavy atom. The van der Waals surface area contributed by atoms with Gasteiger partial charge < -0.3 is 9.88 Å². The Morgan fingerprint density at radius 1 is 1.00 bits per heavy atom. The Balaban J connectivity index is 1.62. The zero-order chi connectivity index (χ0) is 22.5. The average molecular weight is 426 g/mol. The summed E-state index contributed by atoms with van der Waals surface area (Å²) in [5.41, 5.74) is 2.57. The average Bonchev–Trinajstić information content (AvgIpc) is 3.35. The number of aromatic nitrogens is 2. The second kappa shape index (κ2) is 9.26. The minimum absolute atomic E-state index is 0.0680. The second-order valence-electron chi connectivity index (χ2n) is 7.49. The topological polar surface area (TPSA) is 90.1 Å². The Bertz CT molecular complexity index is 1170. The monoisotopic (exact) mass is 426 g/mol. The van der Waals surface area contributed by atoms with Gasteiger partial charge >= 0.3 is 0 Å². The van der Waals surface area contributed by atoms with Crippen LogP contribution in [0.3, 0.4) is 0 Å². The molecule has 1 N–H and O–H groups in total. The van der Waals surface area contributed by atoms with Crippen LogP contribution in [0.5, 0.6) is 0 Å². The van der Waals surface area contributed by atoms with Crippen LogP contribution in [0, 0.1) is 10.1 Å². The van der Waals surface area contributed by atoms with Gasteiger partial charge in [-0.3, -0.25) is 14.9 Å². The van der Waals surface area contributed by atoms with Gasteiger partial charge in [0.05, 0.1) is 11.3 Å². The largest absolute Gasteiger partial charge is 0.349 e. The molecular weight excluding hydrogens is 404 g/mol. The Hall–Kier alpha value is -4.26. The summed E-state index contributed by atoms with van der Waals surface area (Å²) in [6.07, 6.45) is 4.64. The van der Waals surface area contributed by atoms with E-state index in [-0.39, 0.29) is 29.1 Å². The highest BCUT2D eigenvalue weighted by Gasteiger charge is 2.25. The molecule has 3 aromatic carbocycles. The van der Waals surface area contributed by atoms with E-state index < -0.39 is 4.92 Å². The van der Waals surface area contributed by atoms with Crippen LogP contribution < -0.4 is 5.32 Å². The lowest BCUT2D eigenvalue weighted by Crippen LogP contribution is -2.37. The van der Waals surface area contributed by atoms with Crippen molar-refractivity contribution < 1.29 is 9.72 Å². The van der Waals surface area contributed by atoms with Crippen molar-refractivity contribution in [1.82, 2.24) is 14.9 Å². The first kappa shape index (κ1) is 21.0. The quantitative estimate of drug-likeness (QED) is 0.342. The van der Waals surface area contributed by atoms with E-state index in [1.165, 1.54) is 12.4 Å². The molecule has 7 heteroatoms. The highest BCUT2D eigenvalue weighted by molar-refractivity contribution is 5.95. The predicted octanol–water partition coefficient (Wildman–Crippen LogP) is 4.73. The predicted molar refractivity (Wildman–Crippen MR) is 122 cm³/mol. The molecule has 1 heterocycles. The van der Waals surface area contributed by atoms with Gasteiger partial charge in [-0.2, -0.15) is 0 Å². The number of amides is 1. The molecule has 4 rings (SSSR count). The Labute approximate surface area is 185 Å². The molecule has 0 bridgehead atoms. The Morgan fingerprint density at radius 3 is 2.16 bits per heavy atom. The van der Waals surface area contributed by atoms with Crippen molar-refractivity contribution in [1.29, 1.82) is 0 Å². The molecule has 32 heavy (non-hydrogen) atoms. The molecule has 0 saturated carbocycles. The number of carbonyl (C=O) groups is 1. The molecular formula is C25H22N4O3. The van der Waals surface area contributed by atoms with E-state index in [1.807, 2.05) is 67.6 Å². The number of nitrogens with one attached hydrogen (secondary N) is 1. The SMILES string of the molecule is CC(NC(=O)c1ccc(-n2ccnc2)c([N+](=O)[O-])c1)C(c1ccccc1)c1ccccc1. The number of hydrogen-bond acceptors (Lipinski definition) is 4. The maximum Gasteiger partial charge on any atom is 0.294 e. The molecule has 0 fully saturated rings. The fourth-order valence-electron chi connectivity index (χ4n) is 3.89.